The molecule has 12 heteroatoms. The van der Waals surface area contributed by atoms with Gasteiger partial charge < -0.3 is 0 Å². The number of hydrogen-bond acceptors (Lipinski definition) is 12. The van der Waals surface area contributed by atoms with E-state index in [0.29, 0.717) is 10.0 Å². The fraction of sp³-hybridized carbons (Fsp3) is 0.273. The van der Waals surface area contributed by atoms with Crippen LogP contribution >= 0.6 is 22.7 Å². The van der Waals surface area contributed by atoms with Crippen molar-refractivity contribution in [3.05, 3.63) is 111 Å². The molecule has 0 atom stereocenters. The van der Waals surface area contributed by atoms with Crippen LogP contribution in [0.2, 0.25) is 0 Å². The Morgan fingerprint density at radius 3 is 1.09 bits per heavy atom. The first-order valence-electron chi connectivity index (χ1n) is 18.6. The summed E-state index contributed by atoms with van der Waals surface area (Å²) in [4.78, 5) is 67.1. The molecule has 10 rings (SSSR count). The van der Waals surface area contributed by atoms with Crippen LogP contribution in [0.25, 0.3) is 23.3 Å². The Labute approximate surface area is 328 Å². The minimum absolute atomic E-state index is 0.0265. The quantitative estimate of drug-likeness (QED) is 0.142. The number of benzene rings is 2. The number of carbonyl (C=O) groups is 4. The summed E-state index contributed by atoms with van der Waals surface area (Å²) >= 11 is 3.00. The van der Waals surface area contributed by atoms with Gasteiger partial charge in [-0.25, -0.2) is 9.97 Å². The van der Waals surface area contributed by atoms with Gasteiger partial charge in [-0.05, 0) is 73.2 Å². The van der Waals surface area contributed by atoms with Crippen molar-refractivity contribution in [1.29, 1.82) is 21.0 Å². The standard InChI is InChI=1S/C44H26N6O4S2/c45-17-21-11-25-26(12-22(21)18-46)36(52)29(35(25)51)15-31-49-41-40(56-31)34-33(43(41)7-3-1-4-8-43)39-42(44(34)9-5-2-6-10-44)50-32(55-39)16-30-37(53)27-13-23(19-47)24(20-48)14-28(27)38(30)54/h11-16H,1-10H2. The molecule has 0 aliphatic heterocycles. The molecule has 0 amide bonds. The van der Waals surface area contributed by atoms with Gasteiger partial charge in [0.1, 0.15) is 34.3 Å². The smallest absolute Gasteiger partial charge is 0.197 e. The third-order valence-electron chi connectivity index (χ3n) is 12.6. The van der Waals surface area contributed by atoms with Crippen LogP contribution in [0.4, 0.5) is 0 Å². The molecular weight excluding hydrogens is 741 g/mol. The van der Waals surface area contributed by atoms with Gasteiger partial charge in [-0.3, -0.25) is 19.2 Å². The number of Topliss-reactive ketones (excluding diaryl/α,β-unsaturated/α-hetero) is 4. The van der Waals surface area contributed by atoms with Gasteiger partial charge in [0.2, 0.25) is 0 Å². The van der Waals surface area contributed by atoms with Gasteiger partial charge in [0.05, 0.1) is 54.5 Å². The summed E-state index contributed by atoms with van der Waals surface area (Å²) in [7, 11) is 0. The van der Waals surface area contributed by atoms with Crippen molar-refractivity contribution >= 4 is 69.1 Å². The van der Waals surface area contributed by atoms with Gasteiger partial charge >= 0.3 is 0 Å². The lowest BCUT2D eigenvalue weighted by Crippen LogP contribution is -2.29. The second-order valence-corrected chi connectivity index (χ2v) is 17.3. The zero-order valence-electron chi connectivity index (χ0n) is 29.7. The van der Waals surface area contributed by atoms with Crippen molar-refractivity contribution in [2.24, 2.45) is 0 Å². The molecule has 0 bridgehead atoms. The van der Waals surface area contributed by atoms with Crippen LogP contribution in [-0.2, 0) is 10.8 Å². The molecule has 10 nitrogen and oxygen atoms in total. The Morgan fingerprint density at radius 1 is 0.500 bits per heavy atom. The number of carbonyl (C=O) groups excluding carboxylic acids is 4. The number of rotatable bonds is 2. The van der Waals surface area contributed by atoms with E-state index in [2.05, 4.69) is 0 Å². The SMILES string of the molecule is N#Cc1cc2c(cc1C#N)C(=O)C(=Cc1nc3c(s1)C1=C(c4sc(C=C5C(=O)c6cc(C#N)c(C#N)cc6C5=O)nc4C14CCCCC4)C31CCCCC1)C2=O. The fourth-order valence-corrected chi connectivity index (χ4v) is 12.6. The molecule has 2 fully saturated rings. The van der Waals surface area contributed by atoms with Crippen LogP contribution in [0.5, 0.6) is 0 Å². The van der Waals surface area contributed by atoms with Gasteiger partial charge in [0.15, 0.2) is 23.1 Å². The lowest BCUT2D eigenvalue weighted by molar-refractivity contribution is 0.0975. The van der Waals surface area contributed by atoms with Crippen molar-refractivity contribution < 1.29 is 19.2 Å². The highest BCUT2D eigenvalue weighted by Crippen LogP contribution is 2.70. The molecule has 2 saturated carbocycles. The number of hydrogen-bond donors (Lipinski definition) is 0. The van der Waals surface area contributed by atoms with Crippen molar-refractivity contribution in [3.63, 3.8) is 0 Å². The average Bonchev–Trinajstić information content (AvgIpc) is 4.04. The van der Waals surface area contributed by atoms with E-state index in [1.54, 1.807) is 12.2 Å². The van der Waals surface area contributed by atoms with E-state index in [1.165, 1.54) is 58.1 Å². The number of nitriles is 4. The van der Waals surface area contributed by atoms with Crippen LogP contribution in [0.15, 0.2) is 35.4 Å². The highest BCUT2D eigenvalue weighted by atomic mass is 32.1. The monoisotopic (exact) mass is 766 g/mol. The molecule has 0 saturated heterocycles. The third-order valence-corrected chi connectivity index (χ3v) is 14.6. The molecule has 2 heterocycles. The molecule has 6 aliphatic carbocycles. The van der Waals surface area contributed by atoms with Crippen molar-refractivity contribution in [2.45, 2.75) is 75.0 Å². The molecule has 2 spiro atoms. The minimum Gasteiger partial charge on any atom is -0.288 e. The third kappa shape index (κ3) is 4.37. The van der Waals surface area contributed by atoms with E-state index in [0.717, 1.165) is 85.4 Å². The molecule has 6 aliphatic rings. The van der Waals surface area contributed by atoms with E-state index in [9.17, 15) is 40.2 Å². The predicted octanol–water partition coefficient (Wildman–Crippen LogP) is 8.35. The largest absolute Gasteiger partial charge is 0.288 e. The summed E-state index contributed by atoms with van der Waals surface area (Å²) in [5, 5.41) is 39.3. The number of allylic oxidation sites excluding steroid dienone is 4. The summed E-state index contributed by atoms with van der Waals surface area (Å²) in [5.41, 5.74) is 4.32. The lowest BCUT2D eigenvalue weighted by Gasteiger charge is -2.35. The molecule has 0 N–H and O–H groups in total. The fourth-order valence-electron chi connectivity index (χ4n) is 10.1. The van der Waals surface area contributed by atoms with Gasteiger partial charge in [-0.15, -0.1) is 22.7 Å². The zero-order valence-corrected chi connectivity index (χ0v) is 31.3. The molecule has 0 unspecified atom stereocenters. The summed E-state index contributed by atoms with van der Waals surface area (Å²) in [6.07, 6.45) is 12.9. The first kappa shape index (κ1) is 34.1. The van der Waals surface area contributed by atoms with Crippen molar-refractivity contribution in [2.75, 3.05) is 0 Å². The topological polar surface area (TPSA) is 189 Å². The minimum atomic E-state index is -0.482. The van der Waals surface area contributed by atoms with Crippen molar-refractivity contribution in [3.8, 4) is 24.3 Å². The van der Waals surface area contributed by atoms with Crippen LogP contribution in [0, 0.1) is 45.3 Å². The highest BCUT2D eigenvalue weighted by molar-refractivity contribution is 7.15. The summed E-state index contributed by atoms with van der Waals surface area (Å²) in [5.74, 6) is -1.93. The highest BCUT2D eigenvalue weighted by Gasteiger charge is 2.60. The van der Waals surface area contributed by atoms with E-state index in [4.69, 9.17) is 9.97 Å². The Kier molecular flexibility index (Phi) is 7.32. The Bertz CT molecular complexity index is 2590. The Balaban J connectivity index is 1.10. The van der Waals surface area contributed by atoms with Crippen LogP contribution in [0.1, 0.15) is 159 Å². The second kappa shape index (κ2) is 12.0. The average molecular weight is 767 g/mol. The van der Waals surface area contributed by atoms with Gasteiger partial charge in [-0.2, -0.15) is 21.0 Å². The van der Waals surface area contributed by atoms with Gasteiger partial charge in [0, 0.05) is 33.1 Å². The molecule has 0 radical (unpaired) electrons. The maximum Gasteiger partial charge on any atom is 0.197 e. The number of aromatic nitrogens is 2. The van der Waals surface area contributed by atoms with Crippen LogP contribution in [-0.4, -0.2) is 33.1 Å². The number of nitrogens with zero attached hydrogens (tertiary/aromatic N) is 6. The molecule has 56 heavy (non-hydrogen) atoms. The van der Waals surface area contributed by atoms with E-state index < -0.39 is 34.0 Å². The summed E-state index contributed by atoms with van der Waals surface area (Å²) in [6, 6.07) is 13.1. The first-order valence-corrected chi connectivity index (χ1v) is 20.2. The molecular formula is C44H26N6O4S2. The Hall–Kier alpha value is -6.44. The van der Waals surface area contributed by atoms with E-state index >= 15 is 0 Å². The van der Waals surface area contributed by atoms with Crippen LogP contribution < -0.4 is 0 Å². The predicted molar refractivity (Wildman–Crippen MR) is 206 cm³/mol. The summed E-state index contributed by atoms with van der Waals surface area (Å²) < 4.78 is 0. The van der Waals surface area contributed by atoms with Crippen molar-refractivity contribution in [1.82, 2.24) is 9.97 Å². The molecule has 4 aromatic rings. The van der Waals surface area contributed by atoms with E-state index in [1.807, 2.05) is 24.3 Å². The maximum absolute atomic E-state index is 13.6. The van der Waals surface area contributed by atoms with Gasteiger partial charge in [-0.1, -0.05) is 38.5 Å². The normalized spacial score (nSPS) is 19.3. The molecule has 2 aromatic carbocycles. The molecule has 268 valence electrons. The molecule has 2 aromatic heterocycles. The zero-order chi connectivity index (χ0) is 38.7. The van der Waals surface area contributed by atoms with Gasteiger partial charge in [0.25, 0.3) is 0 Å². The van der Waals surface area contributed by atoms with Crippen LogP contribution in [0.3, 0.4) is 0 Å². The second-order valence-electron chi connectivity index (χ2n) is 15.3. The first-order chi connectivity index (χ1) is 27.2. The number of ketones is 4. The van der Waals surface area contributed by atoms with E-state index in [-0.39, 0.29) is 55.7 Å². The number of thiazole rings is 2. The Morgan fingerprint density at radius 2 is 0.804 bits per heavy atom. The number of fused-ring (bicyclic) bond motifs is 10. The maximum atomic E-state index is 13.6. The summed E-state index contributed by atoms with van der Waals surface area (Å²) in [6.45, 7) is 0. The lowest BCUT2D eigenvalue weighted by atomic mass is 9.68.